The second-order valence-electron chi connectivity index (χ2n) is 9.87. The molecule has 0 spiro atoms. The van der Waals surface area contributed by atoms with E-state index in [-0.39, 0.29) is 29.9 Å². The Bertz CT molecular complexity index is 1320. The van der Waals surface area contributed by atoms with Gasteiger partial charge in [0.2, 0.25) is 5.95 Å². The molecule has 0 aliphatic carbocycles. The summed E-state index contributed by atoms with van der Waals surface area (Å²) in [5, 5.41) is 3.90. The standard InChI is InChI=1S/C28H28ClF2N5O3/c1-35(27(38)39-23-8-6-21(30)7-9-23)28(17-32-16-24(28)18-2-4-20(29)5-3-18)25(37)19-10-12-36(13-11-19)26-33-14-22(31)15-34-26/h2-9,14-15,19,24,32H,10-13,16-17H2,1H3/t24-,28+/m0/s1. The fourth-order valence-electron chi connectivity index (χ4n) is 5.56. The molecule has 2 aromatic carbocycles. The molecule has 1 N–H and O–H groups in total. The van der Waals surface area contributed by atoms with Crippen molar-refractivity contribution in [3.63, 3.8) is 0 Å². The molecule has 3 aromatic rings. The Hall–Kier alpha value is -3.63. The van der Waals surface area contributed by atoms with E-state index in [0.717, 1.165) is 18.0 Å². The van der Waals surface area contributed by atoms with Gasteiger partial charge in [-0.3, -0.25) is 9.69 Å². The van der Waals surface area contributed by atoms with Crippen LogP contribution in [0.1, 0.15) is 24.3 Å². The summed E-state index contributed by atoms with van der Waals surface area (Å²) in [6.07, 6.45) is 2.58. The van der Waals surface area contributed by atoms with Crippen LogP contribution in [0.4, 0.5) is 19.5 Å². The Kier molecular flexibility index (Phi) is 7.76. The quantitative estimate of drug-likeness (QED) is 0.481. The van der Waals surface area contributed by atoms with Crippen LogP contribution in [0.2, 0.25) is 5.02 Å². The van der Waals surface area contributed by atoms with Crippen LogP contribution in [0.25, 0.3) is 0 Å². The first kappa shape index (κ1) is 27.0. The summed E-state index contributed by atoms with van der Waals surface area (Å²) in [4.78, 5) is 39.3. The van der Waals surface area contributed by atoms with Crippen molar-refractivity contribution in [1.82, 2.24) is 20.2 Å². The fourth-order valence-corrected chi connectivity index (χ4v) is 5.69. The number of anilines is 1. The number of nitrogens with one attached hydrogen (secondary N) is 1. The van der Waals surface area contributed by atoms with E-state index in [1.807, 2.05) is 17.0 Å². The summed E-state index contributed by atoms with van der Waals surface area (Å²) in [5.41, 5.74) is -0.360. The zero-order valence-electron chi connectivity index (χ0n) is 21.3. The number of ketones is 1. The number of hydrogen-bond acceptors (Lipinski definition) is 7. The summed E-state index contributed by atoms with van der Waals surface area (Å²) >= 11 is 6.13. The number of benzene rings is 2. The topological polar surface area (TPSA) is 87.7 Å². The monoisotopic (exact) mass is 555 g/mol. The molecule has 5 rings (SSSR count). The largest absolute Gasteiger partial charge is 0.415 e. The van der Waals surface area contributed by atoms with E-state index < -0.39 is 23.3 Å². The number of aromatic nitrogens is 2. The number of hydrogen-bond donors (Lipinski definition) is 1. The lowest BCUT2D eigenvalue weighted by molar-refractivity contribution is -0.134. The number of rotatable bonds is 6. The number of nitrogens with zero attached hydrogens (tertiary/aromatic N) is 4. The Labute approximate surface area is 229 Å². The maximum absolute atomic E-state index is 14.4. The number of halogens is 3. The highest BCUT2D eigenvalue weighted by atomic mass is 35.5. The van der Waals surface area contributed by atoms with Gasteiger partial charge in [0.1, 0.15) is 17.1 Å². The van der Waals surface area contributed by atoms with E-state index in [4.69, 9.17) is 16.3 Å². The molecule has 39 heavy (non-hydrogen) atoms. The van der Waals surface area contributed by atoms with Gasteiger partial charge in [-0.05, 0) is 54.8 Å². The molecular formula is C28H28ClF2N5O3. The van der Waals surface area contributed by atoms with Gasteiger partial charge < -0.3 is 15.0 Å². The maximum atomic E-state index is 14.4. The highest BCUT2D eigenvalue weighted by Gasteiger charge is 2.56. The van der Waals surface area contributed by atoms with Crippen LogP contribution in [0.3, 0.4) is 0 Å². The van der Waals surface area contributed by atoms with Gasteiger partial charge >= 0.3 is 6.09 Å². The minimum absolute atomic E-state index is 0.0642. The minimum atomic E-state index is -1.23. The van der Waals surface area contributed by atoms with E-state index >= 15 is 0 Å². The third-order valence-corrected chi connectivity index (χ3v) is 7.92. The fraction of sp³-hybridized carbons (Fsp3) is 0.357. The first-order chi connectivity index (χ1) is 18.8. The van der Waals surface area contributed by atoms with Crippen LogP contribution in [-0.4, -0.2) is 65.5 Å². The van der Waals surface area contributed by atoms with Crippen molar-refractivity contribution in [2.24, 2.45) is 5.92 Å². The maximum Gasteiger partial charge on any atom is 0.415 e. The predicted molar refractivity (Wildman–Crippen MR) is 142 cm³/mol. The molecule has 11 heteroatoms. The molecule has 2 atom stereocenters. The third kappa shape index (κ3) is 5.44. The Morgan fingerprint density at radius 1 is 1.03 bits per heavy atom. The van der Waals surface area contributed by atoms with E-state index in [0.29, 0.717) is 43.4 Å². The van der Waals surface area contributed by atoms with Crippen molar-refractivity contribution < 1.29 is 23.1 Å². The van der Waals surface area contributed by atoms with E-state index in [1.165, 1.54) is 29.2 Å². The van der Waals surface area contributed by atoms with Crippen molar-refractivity contribution in [3.05, 3.63) is 83.1 Å². The molecular weight excluding hydrogens is 528 g/mol. The molecule has 8 nitrogen and oxygen atoms in total. The molecule has 1 aromatic heterocycles. The van der Waals surface area contributed by atoms with Gasteiger partial charge in [-0.15, -0.1) is 0 Å². The van der Waals surface area contributed by atoms with Crippen LogP contribution >= 0.6 is 11.6 Å². The van der Waals surface area contributed by atoms with Crippen molar-refractivity contribution in [3.8, 4) is 5.75 Å². The molecule has 0 bridgehead atoms. The molecule has 0 radical (unpaired) electrons. The minimum Gasteiger partial charge on any atom is -0.410 e. The Morgan fingerprint density at radius 2 is 1.67 bits per heavy atom. The van der Waals surface area contributed by atoms with Crippen LogP contribution in [-0.2, 0) is 4.79 Å². The number of amides is 1. The first-order valence-corrected chi connectivity index (χ1v) is 13.1. The predicted octanol–water partition coefficient (Wildman–Crippen LogP) is 4.45. The average molecular weight is 556 g/mol. The van der Waals surface area contributed by atoms with Crippen molar-refractivity contribution in [2.75, 3.05) is 38.1 Å². The van der Waals surface area contributed by atoms with Gasteiger partial charge in [0.05, 0.1) is 12.4 Å². The Morgan fingerprint density at radius 3 is 2.31 bits per heavy atom. The second-order valence-corrected chi connectivity index (χ2v) is 10.3. The van der Waals surface area contributed by atoms with Crippen LogP contribution in [0.5, 0.6) is 5.75 Å². The molecule has 2 aliphatic rings. The highest BCUT2D eigenvalue weighted by Crippen LogP contribution is 2.41. The lowest BCUT2D eigenvalue weighted by Gasteiger charge is -2.44. The first-order valence-electron chi connectivity index (χ1n) is 12.7. The molecule has 0 unspecified atom stereocenters. The number of piperidine rings is 1. The zero-order chi connectivity index (χ0) is 27.6. The normalized spacial score (nSPS) is 21.5. The lowest BCUT2D eigenvalue weighted by Crippen LogP contribution is -2.62. The zero-order valence-corrected chi connectivity index (χ0v) is 22.1. The van der Waals surface area contributed by atoms with Crippen LogP contribution in [0, 0.1) is 17.6 Å². The second kappa shape index (κ2) is 11.2. The molecule has 204 valence electrons. The SMILES string of the molecule is CN(C(=O)Oc1ccc(F)cc1)[C@]1(C(=O)C2CCN(c3ncc(F)cn3)CC2)CNC[C@H]1c1ccc(Cl)cc1. The summed E-state index contributed by atoms with van der Waals surface area (Å²) in [6.45, 7) is 1.75. The van der Waals surface area contributed by atoms with Crippen LogP contribution in [0.15, 0.2) is 60.9 Å². The van der Waals surface area contributed by atoms with Gasteiger partial charge in [0, 0.05) is 50.1 Å². The molecule has 2 aliphatic heterocycles. The van der Waals surface area contributed by atoms with Crippen molar-refractivity contribution in [2.45, 2.75) is 24.3 Å². The smallest absolute Gasteiger partial charge is 0.410 e. The third-order valence-electron chi connectivity index (χ3n) is 7.66. The lowest BCUT2D eigenvalue weighted by atomic mass is 9.72. The van der Waals surface area contributed by atoms with E-state index in [2.05, 4.69) is 15.3 Å². The van der Waals surface area contributed by atoms with Gasteiger partial charge in [-0.25, -0.2) is 23.5 Å². The van der Waals surface area contributed by atoms with Gasteiger partial charge in [-0.2, -0.15) is 0 Å². The summed E-state index contributed by atoms with van der Waals surface area (Å²) in [7, 11) is 1.57. The average Bonchev–Trinajstić information content (AvgIpc) is 3.40. The molecule has 1 amide bonds. The molecule has 2 fully saturated rings. The number of likely N-dealkylation sites (N-methyl/N-ethyl adjacent to an activating group) is 1. The molecule has 0 saturated carbocycles. The van der Waals surface area contributed by atoms with Crippen molar-refractivity contribution in [1.29, 1.82) is 0 Å². The number of carbonyl (C=O) groups excluding carboxylic acids is 2. The number of Topliss-reactive ketones (excluding diaryl/α,β-unsaturated/α-hetero) is 1. The highest BCUT2D eigenvalue weighted by molar-refractivity contribution is 6.30. The van der Waals surface area contributed by atoms with Gasteiger partial charge in [0.25, 0.3) is 0 Å². The van der Waals surface area contributed by atoms with Crippen LogP contribution < -0.4 is 15.0 Å². The van der Waals surface area contributed by atoms with Crippen molar-refractivity contribution >= 4 is 29.4 Å². The number of ether oxygens (including phenoxy) is 1. The Balaban J connectivity index is 1.42. The number of carbonyl (C=O) groups is 2. The summed E-state index contributed by atoms with van der Waals surface area (Å²) in [5.74, 6) is -1.12. The van der Waals surface area contributed by atoms with Gasteiger partial charge in [0.15, 0.2) is 11.6 Å². The van der Waals surface area contributed by atoms with E-state index in [1.54, 1.807) is 19.2 Å². The molecule has 3 heterocycles. The van der Waals surface area contributed by atoms with Gasteiger partial charge in [-0.1, -0.05) is 23.7 Å². The summed E-state index contributed by atoms with van der Waals surface area (Å²) in [6, 6.07) is 12.4. The summed E-state index contributed by atoms with van der Waals surface area (Å²) < 4.78 is 32.2. The van der Waals surface area contributed by atoms with E-state index in [9.17, 15) is 18.4 Å². The molecule has 2 saturated heterocycles.